The predicted octanol–water partition coefficient (Wildman–Crippen LogP) is 4.54. The molecular formula is C27H32N2O. The second-order valence-corrected chi connectivity index (χ2v) is 8.34. The van der Waals surface area contributed by atoms with E-state index in [-0.39, 0.29) is 0 Å². The lowest BCUT2D eigenvalue weighted by molar-refractivity contribution is 0.101. The lowest BCUT2D eigenvalue weighted by atomic mass is 10.0. The third-order valence-corrected chi connectivity index (χ3v) is 6.06. The van der Waals surface area contributed by atoms with Gasteiger partial charge >= 0.3 is 0 Å². The van der Waals surface area contributed by atoms with E-state index in [2.05, 4.69) is 70.5 Å². The van der Waals surface area contributed by atoms with Crippen LogP contribution in [0.25, 0.3) is 0 Å². The number of hydrogen-bond acceptors (Lipinski definition) is 3. The summed E-state index contributed by atoms with van der Waals surface area (Å²) < 4.78 is 0. The molecule has 0 aliphatic carbocycles. The maximum atomic E-state index is 10.8. The summed E-state index contributed by atoms with van der Waals surface area (Å²) >= 11 is 0. The molecule has 1 unspecified atom stereocenters. The normalized spacial score (nSPS) is 19.3. The minimum Gasteiger partial charge on any atom is -0.387 e. The molecule has 30 heavy (non-hydrogen) atoms. The van der Waals surface area contributed by atoms with Gasteiger partial charge in [-0.05, 0) is 36.1 Å². The zero-order valence-electron chi connectivity index (χ0n) is 17.6. The number of rotatable bonds is 7. The average Bonchev–Trinajstić information content (AvgIpc) is 2.97. The van der Waals surface area contributed by atoms with E-state index in [0.29, 0.717) is 12.6 Å². The Morgan fingerprint density at radius 2 is 1.37 bits per heavy atom. The van der Waals surface area contributed by atoms with Crippen molar-refractivity contribution in [3.8, 4) is 0 Å². The van der Waals surface area contributed by atoms with Gasteiger partial charge in [-0.15, -0.1) is 0 Å². The van der Waals surface area contributed by atoms with Crippen LogP contribution in [0, 0.1) is 0 Å². The quantitative estimate of drug-likeness (QED) is 0.631. The highest BCUT2D eigenvalue weighted by atomic mass is 16.3. The SMILES string of the molecule is OC(CN1CCCN(Cc2ccccc2)[C@H](Cc2ccccc2)C1)c1ccccc1. The summed E-state index contributed by atoms with van der Waals surface area (Å²) in [6, 6.07) is 32.1. The highest BCUT2D eigenvalue weighted by Crippen LogP contribution is 2.21. The van der Waals surface area contributed by atoms with E-state index in [1.165, 1.54) is 11.1 Å². The van der Waals surface area contributed by atoms with E-state index in [1.807, 2.05) is 30.3 Å². The maximum absolute atomic E-state index is 10.8. The predicted molar refractivity (Wildman–Crippen MR) is 123 cm³/mol. The van der Waals surface area contributed by atoms with E-state index in [4.69, 9.17) is 0 Å². The van der Waals surface area contributed by atoms with Gasteiger partial charge in [0, 0.05) is 32.2 Å². The highest BCUT2D eigenvalue weighted by Gasteiger charge is 2.26. The van der Waals surface area contributed by atoms with Crippen LogP contribution >= 0.6 is 0 Å². The Kier molecular flexibility index (Phi) is 7.30. The first-order chi connectivity index (χ1) is 14.8. The van der Waals surface area contributed by atoms with Crippen molar-refractivity contribution in [2.24, 2.45) is 0 Å². The molecule has 1 N–H and O–H groups in total. The largest absolute Gasteiger partial charge is 0.387 e. The lowest BCUT2D eigenvalue weighted by Crippen LogP contribution is -2.43. The molecule has 0 bridgehead atoms. The van der Waals surface area contributed by atoms with Gasteiger partial charge in [-0.3, -0.25) is 9.80 Å². The average molecular weight is 401 g/mol. The van der Waals surface area contributed by atoms with E-state index >= 15 is 0 Å². The summed E-state index contributed by atoms with van der Waals surface area (Å²) in [6.45, 7) is 4.76. The fraction of sp³-hybridized carbons (Fsp3) is 0.333. The Morgan fingerprint density at radius 3 is 2.03 bits per heavy atom. The van der Waals surface area contributed by atoms with Crippen LogP contribution in [0.15, 0.2) is 91.0 Å². The molecule has 2 atom stereocenters. The number of hydrogen-bond donors (Lipinski definition) is 1. The van der Waals surface area contributed by atoms with Crippen molar-refractivity contribution in [1.82, 2.24) is 9.80 Å². The molecule has 0 amide bonds. The molecule has 1 aliphatic rings. The van der Waals surface area contributed by atoms with Crippen LogP contribution in [0.1, 0.15) is 29.2 Å². The van der Waals surface area contributed by atoms with Crippen LogP contribution in [-0.2, 0) is 13.0 Å². The molecule has 3 aromatic rings. The van der Waals surface area contributed by atoms with Gasteiger partial charge in [-0.1, -0.05) is 91.0 Å². The van der Waals surface area contributed by atoms with E-state index in [9.17, 15) is 5.11 Å². The van der Waals surface area contributed by atoms with Gasteiger partial charge in [0.1, 0.15) is 0 Å². The Bertz CT molecular complexity index is 869. The minimum absolute atomic E-state index is 0.429. The number of nitrogens with zero attached hydrogens (tertiary/aromatic N) is 2. The second-order valence-electron chi connectivity index (χ2n) is 8.34. The Balaban J connectivity index is 1.49. The molecule has 0 radical (unpaired) electrons. The van der Waals surface area contributed by atoms with Crippen LogP contribution in [0.2, 0.25) is 0 Å². The number of aliphatic hydroxyl groups is 1. The number of β-amino-alcohol motifs (C(OH)–C–C–N with tert-alkyl or cyclic N) is 1. The number of aliphatic hydroxyl groups excluding tert-OH is 1. The molecule has 0 spiro atoms. The van der Waals surface area contributed by atoms with Gasteiger partial charge < -0.3 is 5.11 Å². The summed E-state index contributed by atoms with van der Waals surface area (Å²) in [7, 11) is 0. The van der Waals surface area contributed by atoms with E-state index < -0.39 is 6.10 Å². The molecule has 3 nitrogen and oxygen atoms in total. The van der Waals surface area contributed by atoms with Crippen LogP contribution in [-0.4, -0.2) is 47.1 Å². The van der Waals surface area contributed by atoms with Crippen molar-refractivity contribution >= 4 is 0 Å². The van der Waals surface area contributed by atoms with Crippen molar-refractivity contribution < 1.29 is 5.11 Å². The minimum atomic E-state index is -0.441. The summed E-state index contributed by atoms with van der Waals surface area (Å²) in [6.07, 6.45) is 1.72. The van der Waals surface area contributed by atoms with Crippen molar-refractivity contribution in [3.05, 3.63) is 108 Å². The van der Waals surface area contributed by atoms with E-state index in [0.717, 1.165) is 44.6 Å². The molecule has 1 aliphatic heterocycles. The summed E-state index contributed by atoms with van der Waals surface area (Å²) in [4.78, 5) is 5.09. The fourth-order valence-electron chi connectivity index (χ4n) is 4.48. The summed E-state index contributed by atoms with van der Waals surface area (Å²) in [5.74, 6) is 0. The van der Waals surface area contributed by atoms with Crippen molar-refractivity contribution in [1.29, 1.82) is 0 Å². The Hall–Kier alpha value is -2.46. The zero-order chi connectivity index (χ0) is 20.6. The molecular weight excluding hydrogens is 368 g/mol. The topological polar surface area (TPSA) is 26.7 Å². The Morgan fingerprint density at radius 1 is 0.767 bits per heavy atom. The first-order valence-electron chi connectivity index (χ1n) is 11.1. The standard InChI is InChI=1S/C27H32N2O/c30-27(25-15-8-3-9-16-25)22-28-17-10-18-29(20-24-13-6-2-7-14-24)26(21-28)19-23-11-4-1-5-12-23/h1-9,11-16,26-27,30H,10,17-22H2/t26-,27?/m1/s1. The van der Waals surface area contributed by atoms with Gasteiger partial charge in [0.15, 0.2) is 0 Å². The highest BCUT2D eigenvalue weighted by molar-refractivity contribution is 5.19. The van der Waals surface area contributed by atoms with Crippen LogP contribution in [0.3, 0.4) is 0 Å². The first kappa shape index (κ1) is 20.8. The van der Waals surface area contributed by atoms with Crippen molar-refractivity contribution in [2.75, 3.05) is 26.2 Å². The second kappa shape index (κ2) is 10.5. The zero-order valence-corrected chi connectivity index (χ0v) is 17.6. The van der Waals surface area contributed by atoms with Gasteiger partial charge in [0.2, 0.25) is 0 Å². The van der Waals surface area contributed by atoms with Gasteiger partial charge in [-0.25, -0.2) is 0 Å². The van der Waals surface area contributed by atoms with Gasteiger partial charge in [-0.2, -0.15) is 0 Å². The third-order valence-electron chi connectivity index (χ3n) is 6.06. The molecule has 1 fully saturated rings. The molecule has 3 heteroatoms. The molecule has 3 aromatic carbocycles. The molecule has 0 aromatic heterocycles. The first-order valence-corrected chi connectivity index (χ1v) is 11.1. The lowest BCUT2D eigenvalue weighted by Gasteiger charge is -2.33. The summed E-state index contributed by atoms with van der Waals surface area (Å²) in [5.41, 5.74) is 3.75. The van der Waals surface area contributed by atoms with Gasteiger partial charge in [0.25, 0.3) is 0 Å². The molecule has 1 heterocycles. The summed E-state index contributed by atoms with van der Waals surface area (Å²) in [5, 5.41) is 10.8. The smallest absolute Gasteiger partial charge is 0.0916 e. The third kappa shape index (κ3) is 5.79. The fourth-order valence-corrected chi connectivity index (χ4v) is 4.48. The monoisotopic (exact) mass is 400 g/mol. The van der Waals surface area contributed by atoms with Gasteiger partial charge in [0.05, 0.1) is 6.10 Å². The molecule has 1 saturated heterocycles. The molecule has 0 saturated carbocycles. The number of benzene rings is 3. The maximum Gasteiger partial charge on any atom is 0.0916 e. The van der Waals surface area contributed by atoms with Crippen LogP contribution in [0.5, 0.6) is 0 Å². The molecule has 4 rings (SSSR count). The molecule has 156 valence electrons. The van der Waals surface area contributed by atoms with Crippen LogP contribution < -0.4 is 0 Å². The van der Waals surface area contributed by atoms with Crippen LogP contribution in [0.4, 0.5) is 0 Å². The van der Waals surface area contributed by atoms with E-state index in [1.54, 1.807) is 0 Å². The van der Waals surface area contributed by atoms with Crippen molar-refractivity contribution in [2.45, 2.75) is 31.5 Å². The van der Waals surface area contributed by atoms with Crippen molar-refractivity contribution in [3.63, 3.8) is 0 Å². The Labute approximate surface area is 180 Å².